The van der Waals surface area contributed by atoms with E-state index in [0.29, 0.717) is 11.5 Å². The van der Waals surface area contributed by atoms with Gasteiger partial charge in [-0.3, -0.25) is 0 Å². The first-order valence-electron chi connectivity index (χ1n) is 9.76. The van der Waals surface area contributed by atoms with Crippen molar-refractivity contribution >= 4 is 0 Å². The van der Waals surface area contributed by atoms with Gasteiger partial charge in [-0.15, -0.1) is 0 Å². The summed E-state index contributed by atoms with van der Waals surface area (Å²) in [5.41, 5.74) is 5.24. The van der Waals surface area contributed by atoms with Crippen molar-refractivity contribution in [2.24, 2.45) is 0 Å². The van der Waals surface area contributed by atoms with Crippen LogP contribution in [0.5, 0.6) is 11.5 Å². The monoisotopic (exact) mass is 368 g/mol. The second kappa shape index (κ2) is 6.58. The minimum Gasteiger partial charge on any atom is -0.507 e. The molecule has 2 aromatic carbocycles. The van der Waals surface area contributed by atoms with Crippen molar-refractivity contribution in [2.75, 3.05) is 0 Å². The van der Waals surface area contributed by atoms with Gasteiger partial charge in [-0.1, -0.05) is 79.7 Å². The molecule has 0 spiro atoms. The van der Waals surface area contributed by atoms with Gasteiger partial charge in [0.05, 0.1) is 0 Å². The number of phenols is 2. The van der Waals surface area contributed by atoms with E-state index in [1.54, 1.807) is 0 Å². The topological polar surface area (TPSA) is 40.5 Å². The highest BCUT2D eigenvalue weighted by Crippen LogP contribution is 2.45. The predicted octanol–water partition coefficient (Wildman–Crippen LogP) is 6.64. The summed E-state index contributed by atoms with van der Waals surface area (Å²) in [7, 11) is 0. The minimum atomic E-state index is -0.536. The first-order chi connectivity index (χ1) is 12.1. The molecule has 2 aromatic rings. The summed E-state index contributed by atoms with van der Waals surface area (Å²) in [6.45, 7) is 21.1. The van der Waals surface area contributed by atoms with Crippen molar-refractivity contribution < 1.29 is 10.2 Å². The fourth-order valence-electron chi connectivity index (χ4n) is 3.52. The summed E-state index contributed by atoms with van der Waals surface area (Å²) < 4.78 is 0. The summed E-state index contributed by atoms with van der Waals surface area (Å²) in [6.07, 6.45) is 0. The van der Waals surface area contributed by atoms with E-state index < -0.39 is 5.41 Å². The third kappa shape index (κ3) is 4.00. The van der Waals surface area contributed by atoms with Crippen molar-refractivity contribution in [3.05, 3.63) is 57.6 Å². The molecule has 2 heteroatoms. The van der Waals surface area contributed by atoms with Crippen LogP contribution in [-0.2, 0) is 16.2 Å². The van der Waals surface area contributed by atoms with Crippen LogP contribution in [0.3, 0.4) is 0 Å². The molecule has 27 heavy (non-hydrogen) atoms. The average Bonchev–Trinajstić information content (AvgIpc) is 2.49. The normalized spacial score (nSPS) is 13.1. The Kier molecular flexibility index (Phi) is 5.20. The van der Waals surface area contributed by atoms with Crippen molar-refractivity contribution in [1.29, 1.82) is 0 Å². The maximum atomic E-state index is 10.9. The van der Waals surface area contributed by atoms with Crippen molar-refractivity contribution in [3.63, 3.8) is 0 Å². The molecule has 0 atom stereocenters. The molecule has 2 N–H and O–H groups in total. The lowest BCUT2D eigenvalue weighted by atomic mass is 9.72. The standard InChI is InChI=1S/C25H36O2/c1-15-11-17(23(3,4)5)13-19(21(15)26)25(9,10)20-14-18(24(6,7)8)12-16(2)22(20)27/h11-14,26-27H,1-10H3. The fourth-order valence-corrected chi connectivity index (χ4v) is 3.52. The number of aryl methyl sites for hydroxylation is 2. The summed E-state index contributed by atoms with van der Waals surface area (Å²) in [4.78, 5) is 0. The lowest BCUT2D eigenvalue weighted by molar-refractivity contribution is 0.429. The highest BCUT2D eigenvalue weighted by atomic mass is 16.3. The van der Waals surface area contributed by atoms with Gasteiger partial charge in [0.2, 0.25) is 0 Å². The molecule has 0 amide bonds. The van der Waals surface area contributed by atoms with Gasteiger partial charge >= 0.3 is 0 Å². The van der Waals surface area contributed by atoms with Crippen molar-refractivity contribution in [3.8, 4) is 11.5 Å². The number of hydrogen-bond donors (Lipinski definition) is 2. The van der Waals surface area contributed by atoms with Gasteiger partial charge in [-0.2, -0.15) is 0 Å². The fraction of sp³-hybridized carbons (Fsp3) is 0.520. The molecule has 0 fully saturated rings. The Balaban J connectivity index is 2.80. The van der Waals surface area contributed by atoms with E-state index in [-0.39, 0.29) is 10.8 Å². The smallest absolute Gasteiger partial charge is 0.122 e. The van der Waals surface area contributed by atoms with Crippen LogP contribution in [0.4, 0.5) is 0 Å². The van der Waals surface area contributed by atoms with Gasteiger partial charge in [0.1, 0.15) is 11.5 Å². The van der Waals surface area contributed by atoms with E-state index in [0.717, 1.165) is 22.3 Å². The van der Waals surface area contributed by atoms with Crippen LogP contribution in [0.25, 0.3) is 0 Å². The van der Waals surface area contributed by atoms with E-state index in [1.165, 1.54) is 11.1 Å². The lowest BCUT2D eigenvalue weighted by Crippen LogP contribution is -2.23. The maximum Gasteiger partial charge on any atom is 0.122 e. The molecule has 2 nitrogen and oxygen atoms in total. The zero-order valence-electron chi connectivity index (χ0n) is 18.7. The third-order valence-electron chi connectivity index (χ3n) is 5.68. The number of hydrogen-bond acceptors (Lipinski definition) is 2. The van der Waals surface area contributed by atoms with Crippen LogP contribution < -0.4 is 0 Å². The van der Waals surface area contributed by atoms with Gasteiger partial charge in [0, 0.05) is 16.5 Å². The molecule has 0 bridgehead atoms. The van der Waals surface area contributed by atoms with Crippen molar-refractivity contribution in [1.82, 2.24) is 0 Å². The van der Waals surface area contributed by atoms with Gasteiger partial charge in [0.15, 0.2) is 0 Å². The number of phenolic OH excluding ortho intramolecular Hbond substituents is 2. The second-order valence-electron chi connectivity index (χ2n) is 10.5. The Morgan fingerprint density at radius 1 is 0.556 bits per heavy atom. The summed E-state index contributed by atoms with van der Waals surface area (Å²) >= 11 is 0. The van der Waals surface area contributed by atoms with E-state index in [2.05, 4.69) is 79.7 Å². The summed E-state index contributed by atoms with van der Waals surface area (Å²) in [6, 6.07) is 8.32. The first kappa shape index (κ1) is 21.3. The summed E-state index contributed by atoms with van der Waals surface area (Å²) in [5, 5.41) is 21.8. The largest absolute Gasteiger partial charge is 0.507 e. The molecule has 148 valence electrons. The Morgan fingerprint density at radius 3 is 1.11 bits per heavy atom. The number of benzene rings is 2. The quantitative estimate of drug-likeness (QED) is 0.624. The molecule has 0 saturated heterocycles. The van der Waals surface area contributed by atoms with Crippen LogP contribution in [0.2, 0.25) is 0 Å². The van der Waals surface area contributed by atoms with Gasteiger partial charge in [-0.05, 0) is 46.9 Å². The summed E-state index contributed by atoms with van der Waals surface area (Å²) in [5.74, 6) is 0.623. The lowest BCUT2D eigenvalue weighted by Gasteiger charge is -2.33. The minimum absolute atomic E-state index is 0.0193. The van der Waals surface area contributed by atoms with Crippen LogP contribution in [0, 0.1) is 13.8 Å². The van der Waals surface area contributed by atoms with Crippen molar-refractivity contribution in [2.45, 2.75) is 85.5 Å². The molecule has 0 unspecified atom stereocenters. The predicted molar refractivity (Wildman–Crippen MR) is 115 cm³/mol. The molecule has 0 saturated carbocycles. The Bertz CT molecular complexity index is 788. The number of rotatable bonds is 2. The van der Waals surface area contributed by atoms with E-state index in [1.807, 2.05) is 13.8 Å². The van der Waals surface area contributed by atoms with Gasteiger partial charge in [0.25, 0.3) is 0 Å². The maximum absolute atomic E-state index is 10.9. The molecule has 0 radical (unpaired) electrons. The molecule has 2 rings (SSSR count). The van der Waals surface area contributed by atoms with Gasteiger partial charge in [-0.25, -0.2) is 0 Å². The second-order valence-corrected chi connectivity index (χ2v) is 10.5. The zero-order valence-corrected chi connectivity index (χ0v) is 18.7. The van der Waals surface area contributed by atoms with Crippen LogP contribution >= 0.6 is 0 Å². The Morgan fingerprint density at radius 2 is 0.852 bits per heavy atom. The van der Waals surface area contributed by atoms with Crippen LogP contribution in [0.15, 0.2) is 24.3 Å². The molecular formula is C25H36O2. The third-order valence-corrected chi connectivity index (χ3v) is 5.68. The first-order valence-corrected chi connectivity index (χ1v) is 9.76. The molecule has 0 aliphatic rings. The molecule has 0 heterocycles. The van der Waals surface area contributed by atoms with E-state index in [4.69, 9.17) is 0 Å². The number of aromatic hydroxyl groups is 2. The highest BCUT2D eigenvalue weighted by Gasteiger charge is 2.33. The Labute approximate surface area is 165 Å². The molecular weight excluding hydrogens is 332 g/mol. The molecule has 0 aliphatic carbocycles. The Hall–Kier alpha value is -1.96. The highest BCUT2D eigenvalue weighted by molar-refractivity contribution is 5.57. The SMILES string of the molecule is Cc1cc(C(C)(C)C)cc(C(C)(C)c2cc(C(C)(C)C)cc(C)c2O)c1O. The van der Waals surface area contributed by atoms with Gasteiger partial charge < -0.3 is 10.2 Å². The van der Waals surface area contributed by atoms with Crippen LogP contribution in [-0.4, -0.2) is 10.2 Å². The molecule has 0 aromatic heterocycles. The van der Waals surface area contributed by atoms with E-state index in [9.17, 15) is 10.2 Å². The van der Waals surface area contributed by atoms with E-state index >= 15 is 0 Å². The average molecular weight is 369 g/mol. The molecule has 0 aliphatic heterocycles. The zero-order chi connectivity index (χ0) is 20.9. The van der Waals surface area contributed by atoms with Crippen LogP contribution in [0.1, 0.15) is 88.8 Å².